The number of rotatable bonds is 6. The van der Waals surface area contributed by atoms with Crippen molar-refractivity contribution in [1.29, 1.82) is 0 Å². The molecular weight excluding hydrogens is 469 g/mol. The van der Waals surface area contributed by atoms with Crippen molar-refractivity contribution in [3.8, 4) is 16.2 Å². The molecule has 0 saturated heterocycles. The Kier molecular flexibility index (Phi) is 6.99. The van der Waals surface area contributed by atoms with E-state index in [1.807, 2.05) is 0 Å². The number of aliphatic imine (C=N–C) groups is 2. The van der Waals surface area contributed by atoms with Crippen LogP contribution in [0.3, 0.4) is 0 Å². The smallest absolute Gasteiger partial charge is 0.336 e. The highest BCUT2D eigenvalue weighted by Crippen LogP contribution is 2.38. The number of nitrogens with two attached hydrogens (primary N) is 1. The van der Waals surface area contributed by atoms with Crippen LogP contribution in [0, 0.1) is 5.82 Å². The molecule has 1 aromatic carbocycles. The van der Waals surface area contributed by atoms with Crippen molar-refractivity contribution in [2.45, 2.75) is 6.92 Å². The average molecular weight is 490 g/mol. The first-order valence-corrected chi connectivity index (χ1v) is 10.7. The van der Waals surface area contributed by atoms with Gasteiger partial charge in [-0.2, -0.15) is 0 Å². The molecule has 0 aliphatic carbocycles. The summed E-state index contributed by atoms with van der Waals surface area (Å²) in [6.45, 7) is 5.13. The Morgan fingerprint density at radius 2 is 2.03 bits per heavy atom. The molecular formula is C22H21ClFN5O3S. The van der Waals surface area contributed by atoms with Crippen molar-refractivity contribution >= 4 is 51.3 Å². The third-order valence-electron chi connectivity index (χ3n) is 5.00. The number of ether oxygens (including phenoxy) is 1. The van der Waals surface area contributed by atoms with E-state index in [1.165, 1.54) is 44.2 Å². The molecule has 2 N–H and O–H groups in total. The number of aromatic nitrogens is 2. The average Bonchev–Trinajstić information content (AvgIpc) is 3.24. The van der Waals surface area contributed by atoms with E-state index in [4.69, 9.17) is 22.1 Å². The minimum absolute atomic E-state index is 0.00767. The molecule has 0 spiro atoms. The summed E-state index contributed by atoms with van der Waals surface area (Å²) in [4.78, 5) is 35.2. The maximum absolute atomic E-state index is 14.0. The quantitative estimate of drug-likeness (QED) is 0.533. The summed E-state index contributed by atoms with van der Waals surface area (Å²) in [5.74, 6) is -0.600. The fourth-order valence-electron chi connectivity index (χ4n) is 3.33. The molecule has 33 heavy (non-hydrogen) atoms. The molecule has 0 saturated carbocycles. The Morgan fingerprint density at radius 1 is 1.33 bits per heavy atom. The summed E-state index contributed by atoms with van der Waals surface area (Å²) < 4.78 is 21.6. The number of halogens is 2. The summed E-state index contributed by atoms with van der Waals surface area (Å²) in [6.07, 6.45) is 2.60. The Balaban J connectivity index is 2.38. The van der Waals surface area contributed by atoms with Crippen LogP contribution >= 0.6 is 22.9 Å². The van der Waals surface area contributed by atoms with E-state index in [9.17, 15) is 14.0 Å². The number of hydrogen-bond donors (Lipinski definition) is 1. The lowest BCUT2D eigenvalue weighted by molar-refractivity contribution is 0.387. The number of allylic oxidation sites excluding steroid dienone is 2. The highest BCUT2D eigenvalue weighted by atomic mass is 35.5. The van der Waals surface area contributed by atoms with Gasteiger partial charge in [-0.05, 0) is 43.6 Å². The molecule has 0 fully saturated rings. The van der Waals surface area contributed by atoms with Gasteiger partial charge >= 0.3 is 5.69 Å². The van der Waals surface area contributed by atoms with Gasteiger partial charge in [0.1, 0.15) is 4.70 Å². The Bertz CT molecular complexity index is 1480. The van der Waals surface area contributed by atoms with Crippen molar-refractivity contribution in [3.63, 3.8) is 0 Å². The summed E-state index contributed by atoms with van der Waals surface area (Å²) in [7, 11) is 4.40. The number of methoxy groups -OCH3 is 1. The predicted molar refractivity (Wildman–Crippen MR) is 133 cm³/mol. The molecule has 2 heterocycles. The molecule has 2 aromatic heterocycles. The molecule has 3 aromatic rings. The monoisotopic (exact) mass is 489 g/mol. The van der Waals surface area contributed by atoms with E-state index in [0.717, 1.165) is 22.0 Å². The second-order valence-corrected chi connectivity index (χ2v) is 8.35. The van der Waals surface area contributed by atoms with Crippen LogP contribution in [0.5, 0.6) is 5.75 Å². The predicted octanol–water partition coefficient (Wildman–Crippen LogP) is 3.66. The molecule has 11 heteroatoms. The highest BCUT2D eigenvalue weighted by Gasteiger charge is 2.22. The van der Waals surface area contributed by atoms with Crippen molar-refractivity contribution in [1.82, 2.24) is 9.13 Å². The maximum atomic E-state index is 14.0. The molecule has 172 valence electrons. The molecule has 8 nitrogen and oxygen atoms in total. The van der Waals surface area contributed by atoms with Gasteiger partial charge in [-0.3, -0.25) is 19.3 Å². The van der Waals surface area contributed by atoms with E-state index < -0.39 is 17.1 Å². The van der Waals surface area contributed by atoms with Crippen LogP contribution in [0.25, 0.3) is 26.4 Å². The molecule has 0 radical (unpaired) electrons. The number of benzene rings is 1. The van der Waals surface area contributed by atoms with Crippen LogP contribution in [0.15, 0.2) is 55.7 Å². The zero-order valence-electron chi connectivity index (χ0n) is 18.3. The molecule has 0 aliphatic rings. The van der Waals surface area contributed by atoms with Crippen molar-refractivity contribution in [2.24, 2.45) is 22.8 Å². The maximum Gasteiger partial charge on any atom is 0.336 e. The fraction of sp³-hybridized carbons (Fsp3) is 0.182. The molecule has 0 unspecified atom stereocenters. The fourth-order valence-corrected chi connectivity index (χ4v) is 4.78. The first kappa shape index (κ1) is 24.1. The summed E-state index contributed by atoms with van der Waals surface area (Å²) in [5.41, 5.74) is 6.31. The van der Waals surface area contributed by atoms with Gasteiger partial charge in [0.2, 0.25) is 0 Å². The summed E-state index contributed by atoms with van der Waals surface area (Å²) in [6, 6.07) is 4.24. The normalized spacial score (nSPS) is 13.0. The minimum Gasteiger partial charge on any atom is -0.494 e. The van der Waals surface area contributed by atoms with Gasteiger partial charge in [-0.15, -0.1) is 11.3 Å². The van der Waals surface area contributed by atoms with E-state index in [-0.39, 0.29) is 21.2 Å². The standard InChI is InChI=1S/C22H21ClFN5O3S/c1-11(9-25)19(27-3)16(10-26-2)29-21(30)20-15(28(4)22(29)31)8-18(33-20)12-6-17(32-5)14(24)7-13(12)23/h6-10H,2,25H2,1,3-5H3/b11-9-,16-10+,27-19?. The van der Waals surface area contributed by atoms with Gasteiger partial charge in [0.05, 0.1) is 35.3 Å². The molecule has 0 amide bonds. The lowest BCUT2D eigenvalue weighted by Gasteiger charge is -2.14. The van der Waals surface area contributed by atoms with Gasteiger partial charge in [0.15, 0.2) is 11.6 Å². The molecule has 0 aliphatic heterocycles. The number of thiophene rings is 1. The Hall–Kier alpha value is -3.50. The van der Waals surface area contributed by atoms with Crippen LogP contribution in [0.2, 0.25) is 5.02 Å². The van der Waals surface area contributed by atoms with Crippen LogP contribution in [-0.4, -0.2) is 35.7 Å². The summed E-state index contributed by atoms with van der Waals surface area (Å²) >= 11 is 7.38. The first-order chi connectivity index (χ1) is 15.7. The van der Waals surface area contributed by atoms with Crippen molar-refractivity contribution in [2.75, 3.05) is 14.2 Å². The lowest BCUT2D eigenvalue weighted by atomic mass is 10.1. The first-order valence-electron chi connectivity index (χ1n) is 9.51. The van der Waals surface area contributed by atoms with Gasteiger partial charge < -0.3 is 10.5 Å². The molecule has 3 rings (SSSR count). The van der Waals surface area contributed by atoms with Gasteiger partial charge in [0.25, 0.3) is 5.56 Å². The second-order valence-electron chi connectivity index (χ2n) is 6.89. The number of nitrogens with zero attached hydrogens (tertiary/aromatic N) is 4. The van der Waals surface area contributed by atoms with E-state index in [2.05, 4.69) is 16.7 Å². The number of aryl methyl sites for hydroxylation is 1. The summed E-state index contributed by atoms with van der Waals surface area (Å²) in [5, 5.41) is 0.144. The topological polar surface area (TPSA) is 104 Å². The van der Waals surface area contributed by atoms with Gasteiger partial charge in [-0.1, -0.05) is 11.6 Å². The minimum atomic E-state index is -0.611. The van der Waals surface area contributed by atoms with Crippen LogP contribution in [-0.2, 0) is 7.05 Å². The van der Waals surface area contributed by atoms with E-state index in [0.29, 0.717) is 27.2 Å². The second kappa shape index (κ2) is 9.55. The van der Waals surface area contributed by atoms with Gasteiger partial charge in [-0.25, -0.2) is 13.8 Å². The zero-order valence-corrected chi connectivity index (χ0v) is 19.9. The van der Waals surface area contributed by atoms with E-state index >= 15 is 0 Å². The Labute approximate surface area is 197 Å². The van der Waals surface area contributed by atoms with E-state index in [1.54, 1.807) is 13.0 Å². The third kappa shape index (κ3) is 4.14. The molecule has 0 atom stereocenters. The highest BCUT2D eigenvalue weighted by molar-refractivity contribution is 7.22. The van der Waals surface area contributed by atoms with Crippen molar-refractivity contribution < 1.29 is 9.13 Å². The largest absolute Gasteiger partial charge is 0.494 e. The van der Waals surface area contributed by atoms with Gasteiger partial charge in [0, 0.05) is 24.5 Å². The van der Waals surface area contributed by atoms with Crippen molar-refractivity contribution in [3.05, 3.63) is 67.9 Å². The number of fused-ring (bicyclic) bond motifs is 1. The SMILES string of the molecule is C=N/C=C(\C(=NC)/C(C)=C\N)n1c(=O)c2sc(-c3cc(OC)c(F)cc3Cl)cc2n(C)c1=O. The van der Waals surface area contributed by atoms with Crippen LogP contribution in [0.4, 0.5) is 4.39 Å². The van der Waals surface area contributed by atoms with Crippen LogP contribution in [0.1, 0.15) is 6.92 Å². The zero-order chi connectivity index (χ0) is 24.4. The van der Waals surface area contributed by atoms with Crippen LogP contribution < -0.4 is 21.7 Å². The Morgan fingerprint density at radius 3 is 2.61 bits per heavy atom. The number of hydrogen-bond acceptors (Lipinski definition) is 7. The third-order valence-corrected chi connectivity index (χ3v) is 6.46. The lowest BCUT2D eigenvalue weighted by Crippen LogP contribution is -2.39. The molecule has 0 bridgehead atoms.